The van der Waals surface area contributed by atoms with Crippen LogP contribution in [0, 0.1) is 6.92 Å². The first kappa shape index (κ1) is 10.8. The second kappa shape index (κ2) is 3.83. The van der Waals surface area contributed by atoms with Gasteiger partial charge in [0.2, 0.25) is 0 Å². The van der Waals surface area contributed by atoms with Crippen LogP contribution in [0.5, 0.6) is 0 Å². The molecule has 2 aromatic heterocycles. The van der Waals surface area contributed by atoms with Crippen LogP contribution in [0.3, 0.4) is 0 Å². The third-order valence-corrected chi connectivity index (χ3v) is 3.16. The van der Waals surface area contributed by atoms with Gasteiger partial charge in [0.15, 0.2) is 5.65 Å². The number of rotatable bonds is 1. The predicted molar refractivity (Wildman–Crippen MR) is 65.3 cm³/mol. The number of nitrogens with zero attached hydrogens (tertiary/aromatic N) is 4. The van der Waals surface area contributed by atoms with Gasteiger partial charge in [-0.05, 0) is 24.1 Å². The Labute approximate surface area is 103 Å². The van der Waals surface area contributed by atoms with Gasteiger partial charge in [0, 0.05) is 24.8 Å². The number of amides is 1. The molecule has 0 saturated carbocycles. The van der Waals surface area contributed by atoms with E-state index in [4.69, 9.17) is 5.11 Å². The summed E-state index contributed by atoms with van der Waals surface area (Å²) in [7, 11) is 0. The molecule has 0 aromatic carbocycles. The van der Waals surface area contributed by atoms with E-state index in [2.05, 4.69) is 10.1 Å². The van der Waals surface area contributed by atoms with Crippen LogP contribution in [-0.4, -0.2) is 43.8 Å². The van der Waals surface area contributed by atoms with E-state index >= 15 is 0 Å². The number of fused-ring (bicyclic) bond motifs is 1. The summed E-state index contributed by atoms with van der Waals surface area (Å²) in [5, 5.41) is 13.0. The number of aromatic nitrogens is 3. The molecule has 6 heteroatoms. The number of carbonyl (C=O) groups is 1. The van der Waals surface area contributed by atoms with Crippen LogP contribution in [-0.2, 0) is 0 Å². The topological polar surface area (TPSA) is 70.7 Å². The Morgan fingerprint density at radius 2 is 2.33 bits per heavy atom. The van der Waals surface area contributed by atoms with E-state index in [-0.39, 0.29) is 0 Å². The second-order valence-electron chi connectivity index (χ2n) is 4.33. The number of carboxylic acid groups (broad SMARTS) is 1. The normalized spacial score (nSPS) is 15.2. The van der Waals surface area contributed by atoms with Crippen LogP contribution in [0.4, 0.5) is 4.79 Å². The third kappa shape index (κ3) is 1.62. The van der Waals surface area contributed by atoms with Gasteiger partial charge in [-0.15, -0.1) is 0 Å². The monoisotopic (exact) mass is 244 g/mol. The van der Waals surface area contributed by atoms with Crippen molar-refractivity contribution in [3.05, 3.63) is 35.8 Å². The molecule has 0 unspecified atom stereocenters. The molecule has 1 N–H and O–H groups in total. The molecule has 0 saturated heterocycles. The molecule has 1 aliphatic rings. The Morgan fingerprint density at radius 1 is 1.50 bits per heavy atom. The number of aryl methyl sites for hydroxylation is 1. The lowest BCUT2D eigenvalue weighted by atomic mass is 10.0. The van der Waals surface area contributed by atoms with Gasteiger partial charge < -0.3 is 10.0 Å². The van der Waals surface area contributed by atoms with Gasteiger partial charge in [-0.3, -0.25) is 0 Å². The van der Waals surface area contributed by atoms with Crippen molar-refractivity contribution < 1.29 is 9.90 Å². The summed E-state index contributed by atoms with van der Waals surface area (Å²) < 4.78 is 1.70. The fourth-order valence-corrected chi connectivity index (χ4v) is 2.19. The molecule has 6 nitrogen and oxygen atoms in total. The average molecular weight is 244 g/mol. The van der Waals surface area contributed by atoms with Gasteiger partial charge in [-0.25, -0.2) is 14.3 Å². The lowest BCUT2D eigenvalue weighted by Gasteiger charge is -2.12. The van der Waals surface area contributed by atoms with E-state index in [1.165, 1.54) is 11.2 Å². The maximum absolute atomic E-state index is 10.9. The van der Waals surface area contributed by atoms with Gasteiger partial charge in [-0.2, -0.15) is 5.10 Å². The predicted octanol–water partition coefficient (Wildman–Crippen LogP) is 1.41. The molecule has 3 heterocycles. The molecule has 0 aliphatic carbocycles. The molecule has 1 aliphatic heterocycles. The van der Waals surface area contributed by atoms with Crippen LogP contribution in [0.25, 0.3) is 11.2 Å². The first-order valence-electron chi connectivity index (χ1n) is 5.62. The summed E-state index contributed by atoms with van der Waals surface area (Å²) in [6.45, 7) is 2.87. The highest BCUT2D eigenvalue weighted by molar-refractivity contribution is 5.77. The van der Waals surface area contributed by atoms with Gasteiger partial charge in [-0.1, -0.05) is 6.08 Å². The van der Waals surface area contributed by atoms with Gasteiger partial charge in [0.1, 0.15) is 6.33 Å². The largest absolute Gasteiger partial charge is 0.465 e. The fraction of sp³-hybridized carbons (Fsp3) is 0.250. The lowest BCUT2D eigenvalue weighted by Crippen LogP contribution is -2.26. The summed E-state index contributed by atoms with van der Waals surface area (Å²) >= 11 is 0. The van der Waals surface area contributed by atoms with Crippen molar-refractivity contribution in [1.29, 1.82) is 0 Å². The zero-order valence-corrected chi connectivity index (χ0v) is 9.87. The third-order valence-electron chi connectivity index (χ3n) is 3.16. The number of hydrogen-bond donors (Lipinski definition) is 1. The molecule has 2 aromatic rings. The highest BCUT2D eigenvalue weighted by Gasteiger charge is 2.20. The number of pyridine rings is 1. The van der Waals surface area contributed by atoms with Crippen LogP contribution in [0.1, 0.15) is 11.1 Å². The molecule has 0 spiro atoms. The Kier molecular flexibility index (Phi) is 2.29. The van der Waals surface area contributed by atoms with E-state index in [0.29, 0.717) is 13.1 Å². The SMILES string of the molecule is Cc1cc2ncnn2cc1C1=CCN(C(=O)O)C1. The molecule has 1 amide bonds. The molecule has 0 radical (unpaired) electrons. The van der Waals surface area contributed by atoms with Crippen LogP contribution in [0.2, 0.25) is 0 Å². The average Bonchev–Trinajstić information content (AvgIpc) is 2.94. The van der Waals surface area contributed by atoms with Gasteiger partial charge >= 0.3 is 6.09 Å². The molecule has 3 rings (SSSR count). The van der Waals surface area contributed by atoms with Crippen molar-refractivity contribution >= 4 is 17.3 Å². The van der Waals surface area contributed by atoms with E-state index in [1.54, 1.807) is 4.52 Å². The summed E-state index contributed by atoms with van der Waals surface area (Å²) in [6.07, 6.45) is 4.46. The zero-order chi connectivity index (χ0) is 12.7. The van der Waals surface area contributed by atoms with Crippen LogP contribution >= 0.6 is 0 Å². The number of hydrogen-bond acceptors (Lipinski definition) is 3. The van der Waals surface area contributed by atoms with Crippen LogP contribution < -0.4 is 0 Å². The smallest absolute Gasteiger partial charge is 0.407 e. The van der Waals surface area contributed by atoms with Gasteiger partial charge in [0.05, 0.1) is 0 Å². The van der Waals surface area contributed by atoms with Crippen molar-refractivity contribution in [1.82, 2.24) is 19.5 Å². The first-order chi connectivity index (χ1) is 8.65. The quantitative estimate of drug-likeness (QED) is 0.823. The summed E-state index contributed by atoms with van der Waals surface area (Å²) in [6, 6.07) is 1.95. The van der Waals surface area contributed by atoms with E-state index in [0.717, 1.165) is 22.3 Å². The Balaban J connectivity index is 2.00. The molecule has 0 atom stereocenters. The minimum absolute atomic E-state index is 0.427. The Morgan fingerprint density at radius 3 is 3.06 bits per heavy atom. The maximum Gasteiger partial charge on any atom is 0.407 e. The standard InChI is InChI=1S/C12H12N4O2/c1-8-4-11-13-7-14-16(11)6-10(8)9-2-3-15(5-9)12(17)18/h2,4,6-7H,3,5H2,1H3,(H,17,18). The Hall–Kier alpha value is -2.37. The van der Waals surface area contributed by atoms with E-state index in [1.807, 2.05) is 25.3 Å². The molecular weight excluding hydrogens is 232 g/mol. The summed E-state index contributed by atoms with van der Waals surface area (Å²) in [5.74, 6) is 0. The van der Waals surface area contributed by atoms with E-state index in [9.17, 15) is 4.79 Å². The maximum atomic E-state index is 10.9. The van der Waals surface area contributed by atoms with Crippen molar-refractivity contribution in [2.24, 2.45) is 0 Å². The molecule has 0 bridgehead atoms. The molecular formula is C12H12N4O2. The fourth-order valence-electron chi connectivity index (χ4n) is 2.19. The minimum Gasteiger partial charge on any atom is -0.465 e. The van der Waals surface area contributed by atoms with Crippen molar-refractivity contribution in [2.75, 3.05) is 13.1 Å². The van der Waals surface area contributed by atoms with Crippen LogP contribution in [0.15, 0.2) is 24.7 Å². The zero-order valence-electron chi connectivity index (χ0n) is 9.87. The second-order valence-corrected chi connectivity index (χ2v) is 4.33. The van der Waals surface area contributed by atoms with Crippen molar-refractivity contribution in [2.45, 2.75) is 6.92 Å². The highest BCUT2D eigenvalue weighted by atomic mass is 16.4. The lowest BCUT2D eigenvalue weighted by molar-refractivity contribution is 0.158. The molecule has 92 valence electrons. The Bertz CT molecular complexity index is 659. The summed E-state index contributed by atoms with van der Waals surface area (Å²) in [4.78, 5) is 16.4. The van der Waals surface area contributed by atoms with E-state index < -0.39 is 6.09 Å². The highest BCUT2D eigenvalue weighted by Crippen LogP contribution is 2.24. The van der Waals surface area contributed by atoms with Crippen molar-refractivity contribution in [3.63, 3.8) is 0 Å². The summed E-state index contributed by atoms with van der Waals surface area (Å²) in [5.41, 5.74) is 3.92. The minimum atomic E-state index is -0.888. The van der Waals surface area contributed by atoms with Crippen molar-refractivity contribution in [3.8, 4) is 0 Å². The van der Waals surface area contributed by atoms with Gasteiger partial charge in [0.25, 0.3) is 0 Å². The first-order valence-corrected chi connectivity index (χ1v) is 5.62. The molecule has 0 fully saturated rings. The molecule has 18 heavy (non-hydrogen) atoms.